The van der Waals surface area contributed by atoms with Gasteiger partial charge in [-0.1, -0.05) is 6.92 Å². The lowest BCUT2D eigenvalue weighted by molar-refractivity contribution is 0.0689. The van der Waals surface area contributed by atoms with Crippen molar-refractivity contribution < 1.29 is 4.74 Å². The largest absolute Gasteiger partial charge is 0.377 e. The number of hydrogen-bond acceptors (Lipinski definition) is 3. The highest BCUT2D eigenvalue weighted by Crippen LogP contribution is 2.20. The van der Waals surface area contributed by atoms with Gasteiger partial charge in [-0.25, -0.2) is 0 Å². The van der Waals surface area contributed by atoms with Crippen LogP contribution in [0.3, 0.4) is 0 Å². The predicted molar refractivity (Wildman–Crippen MR) is 68.8 cm³/mol. The van der Waals surface area contributed by atoms with E-state index in [1.165, 1.54) is 19.3 Å². The molecule has 3 unspecified atom stereocenters. The lowest BCUT2D eigenvalue weighted by Gasteiger charge is -2.32. The first-order chi connectivity index (χ1) is 7.66. The first-order valence-electron chi connectivity index (χ1n) is 6.71. The van der Waals surface area contributed by atoms with Crippen molar-refractivity contribution in [3.63, 3.8) is 0 Å². The third-order valence-electron chi connectivity index (χ3n) is 3.72. The molecule has 1 saturated heterocycles. The highest BCUT2D eigenvalue weighted by molar-refractivity contribution is 4.83. The van der Waals surface area contributed by atoms with E-state index in [0.717, 1.165) is 19.7 Å². The number of hydrogen-bond donors (Lipinski definition) is 1. The van der Waals surface area contributed by atoms with E-state index < -0.39 is 0 Å². The molecule has 0 bridgehead atoms. The van der Waals surface area contributed by atoms with Crippen LogP contribution >= 0.6 is 0 Å². The van der Waals surface area contributed by atoms with Gasteiger partial charge in [0.25, 0.3) is 0 Å². The molecule has 1 aliphatic rings. The van der Waals surface area contributed by atoms with Crippen molar-refractivity contribution in [1.29, 1.82) is 0 Å². The van der Waals surface area contributed by atoms with E-state index in [0.29, 0.717) is 18.2 Å². The maximum absolute atomic E-state index is 5.62. The van der Waals surface area contributed by atoms with Gasteiger partial charge in [-0.2, -0.15) is 0 Å². The molecule has 0 aromatic carbocycles. The highest BCUT2D eigenvalue weighted by Gasteiger charge is 2.29. The van der Waals surface area contributed by atoms with Crippen molar-refractivity contribution >= 4 is 0 Å². The van der Waals surface area contributed by atoms with Gasteiger partial charge in [0.2, 0.25) is 0 Å². The van der Waals surface area contributed by atoms with Crippen LogP contribution < -0.4 is 5.32 Å². The van der Waals surface area contributed by atoms with Gasteiger partial charge in [0.1, 0.15) is 0 Å². The van der Waals surface area contributed by atoms with Crippen molar-refractivity contribution in [3.05, 3.63) is 0 Å². The van der Waals surface area contributed by atoms with Crippen molar-refractivity contribution in [3.8, 4) is 0 Å². The average Bonchev–Trinajstić information content (AvgIpc) is 2.69. The van der Waals surface area contributed by atoms with Gasteiger partial charge >= 0.3 is 0 Å². The van der Waals surface area contributed by atoms with Gasteiger partial charge in [-0.15, -0.1) is 0 Å². The second kappa shape index (κ2) is 7.25. The zero-order valence-electron chi connectivity index (χ0n) is 11.3. The van der Waals surface area contributed by atoms with E-state index in [1.54, 1.807) is 0 Å². The fraction of sp³-hybridized carbons (Fsp3) is 1.00. The summed E-state index contributed by atoms with van der Waals surface area (Å²) in [4.78, 5) is 2.49. The minimum atomic E-state index is 0.399. The molecule has 1 rings (SSSR count). The van der Waals surface area contributed by atoms with Crippen LogP contribution in [0.1, 0.15) is 40.0 Å². The van der Waals surface area contributed by atoms with Crippen LogP contribution in [0.15, 0.2) is 0 Å². The minimum Gasteiger partial charge on any atom is -0.377 e. The number of ether oxygens (including phenoxy) is 1. The van der Waals surface area contributed by atoms with Gasteiger partial charge in [-0.3, -0.25) is 4.90 Å². The van der Waals surface area contributed by atoms with E-state index in [4.69, 9.17) is 4.74 Å². The molecule has 3 atom stereocenters. The van der Waals surface area contributed by atoms with Crippen LogP contribution in [-0.2, 0) is 4.74 Å². The van der Waals surface area contributed by atoms with E-state index in [1.807, 2.05) is 0 Å². The monoisotopic (exact) mass is 228 g/mol. The maximum atomic E-state index is 5.62. The summed E-state index contributed by atoms with van der Waals surface area (Å²) in [5.41, 5.74) is 0. The summed E-state index contributed by atoms with van der Waals surface area (Å²) in [7, 11) is 2.24. The molecule has 96 valence electrons. The van der Waals surface area contributed by atoms with Crippen molar-refractivity contribution in [2.24, 2.45) is 0 Å². The Morgan fingerprint density at radius 1 is 1.44 bits per heavy atom. The Labute approximate surface area is 101 Å². The second-order valence-electron chi connectivity index (χ2n) is 4.99. The van der Waals surface area contributed by atoms with Crippen LogP contribution in [0, 0.1) is 0 Å². The lowest BCUT2D eigenvalue weighted by atomic mass is 10.1. The maximum Gasteiger partial charge on any atom is 0.0703 e. The van der Waals surface area contributed by atoms with Crippen molar-refractivity contribution in [2.45, 2.75) is 58.2 Å². The fourth-order valence-electron chi connectivity index (χ4n) is 2.40. The number of likely N-dealkylation sites (N-methyl/N-ethyl adjacent to an activating group) is 1. The Balaban J connectivity index is 2.21. The molecule has 0 amide bonds. The standard InChI is InChI=1S/C13H28N2O/c1-5-8-14-9-6-11(2)15(4)13-7-10-16-12(13)3/h11-14H,5-10H2,1-4H3. The molecule has 1 heterocycles. The molecule has 0 saturated carbocycles. The molecule has 3 heteroatoms. The SMILES string of the molecule is CCCNCCC(C)N(C)C1CCOC1C. The van der Waals surface area contributed by atoms with E-state index >= 15 is 0 Å². The molecule has 0 spiro atoms. The average molecular weight is 228 g/mol. The quantitative estimate of drug-likeness (QED) is 0.673. The van der Waals surface area contributed by atoms with Crippen molar-refractivity contribution in [1.82, 2.24) is 10.2 Å². The number of nitrogens with one attached hydrogen (secondary N) is 1. The molecule has 1 fully saturated rings. The summed E-state index contributed by atoms with van der Waals surface area (Å²) < 4.78 is 5.62. The topological polar surface area (TPSA) is 24.5 Å². The highest BCUT2D eigenvalue weighted by atomic mass is 16.5. The molecular formula is C13H28N2O. The van der Waals surface area contributed by atoms with Crippen LogP contribution in [0.25, 0.3) is 0 Å². The zero-order valence-corrected chi connectivity index (χ0v) is 11.3. The second-order valence-corrected chi connectivity index (χ2v) is 4.99. The molecule has 0 radical (unpaired) electrons. The van der Waals surface area contributed by atoms with Crippen LogP contribution in [0.2, 0.25) is 0 Å². The van der Waals surface area contributed by atoms with E-state index in [9.17, 15) is 0 Å². The smallest absolute Gasteiger partial charge is 0.0703 e. The summed E-state index contributed by atoms with van der Waals surface area (Å²) >= 11 is 0. The molecule has 0 aliphatic carbocycles. The summed E-state index contributed by atoms with van der Waals surface area (Å²) in [6.45, 7) is 9.91. The first-order valence-corrected chi connectivity index (χ1v) is 6.71. The normalized spacial score (nSPS) is 27.6. The predicted octanol–water partition coefficient (Wildman–Crippen LogP) is 1.87. The van der Waals surface area contributed by atoms with Crippen LogP contribution in [0.5, 0.6) is 0 Å². The summed E-state index contributed by atoms with van der Waals surface area (Å²) in [5, 5.41) is 3.46. The van der Waals surface area contributed by atoms with Gasteiger partial charge < -0.3 is 10.1 Å². The molecule has 1 N–H and O–H groups in total. The van der Waals surface area contributed by atoms with Gasteiger partial charge in [0.15, 0.2) is 0 Å². The third-order valence-corrected chi connectivity index (χ3v) is 3.72. The molecule has 0 aromatic rings. The fourth-order valence-corrected chi connectivity index (χ4v) is 2.40. The van der Waals surface area contributed by atoms with Gasteiger partial charge in [0.05, 0.1) is 6.10 Å². The zero-order chi connectivity index (χ0) is 12.0. The Kier molecular flexibility index (Phi) is 6.32. The molecule has 1 aliphatic heterocycles. The number of nitrogens with zero attached hydrogens (tertiary/aromatic N) is 1. The number of rotatable bonds is 7. The summed E-state index contributed by atoms with van der Waals surface area (Å²) in [6.07, 6.45) is 4.03. The lowest BCUT2D eigenvalue weighted by Crippen LogP contribution is -2.43. The van der Waals surface area contributed by atoms with Crippen LogP contribution in [0.4, 0.5) is 0 Å². The summed E-state index contributed by atoms with van der Waals surface area (Å²) in [6, 6.07) is 1.25. The molecule has 16 heavy (non-hydrogen) atoms. The first kappa shape index (κ1) is 13.9. The minimum absolute atomic E-state index is 0.399. The van der Waals surface area contributed by atoms with Crippen molar-refractivity contribution in [2.75, 3.05) is 26.7 Å². The van der Waals surface area contributed by atoms with Crippen LogP contribution in [-0.4, -0.2) is 49.8 Å². The summed E-state index contributed by atoms with van der Waals surface area (Å²) in [5.74, 6) is 0. The van der Waals surface area contributed by atoms with E-state index in [2.05, 4.69) is 38.0 Å². The molecular weight excluding hydrogens is 200 g/mol. The Morgan fingerprint density at radius 3 is 2.75 bits per heavy atom. The third kappa shape index (κ3) is 4.04. The Hall–Kier alpha value is -0.120. The van der Waals surface area contributed by atoms with E-state index in [-0.39, 0.29) is 0 Å². The molecule has 3 nitrogen and oxygen atoms in total. The van der Waals surface area contributed by atoms with Gasteiger partial charge in [0, 0.05) is 18.7 Å². The Morgan fingerprint density at radius 2 is 2.19 bits per heavy atom. The van der Waals surface area contributed by atoms with Gasteiger partial charge in [-0.05, 0) is 53.2 Å². The Bertz CT molecular complexity index is 187. The molecule has 0 aromatic heterocycles.